The average molecular weight is 381 g/mol. The van der Waals surface area contributed by atoms with Gasteiger partial charge >= 0.3 is 0 Å². The van der Waals surface area contributed by atoms with Crippen molar-refractivity contribution in [2.45, 2.75) is 39.3 Å². The van der Waals surface area contributed by atoms with Crippen molar-refractivity contribution in [2.24, 2.45) is 0 Å². The van der Waals surface area contributed by atoms with Crippen molar-refractivity contribution < 1.29 is 9.53 Å². The summed E-state index contributed by atoms with van der Waals surface area (Å²) in [4.78, 5) is 26.0. The Morgan fingerprint density at radius 1 is 1.18 bits per heavy atom. The standard InChI is InChI=1S/C21H27N5O2/c1-4-28-19-7-5-16(6-8-19)24-21(27)13-26-17-10-18(26)12-25(11-17)20-9-14(2)22-15(3)23-20/h5-9,17-18H,4,10-13H2,1-3H3,(H,24,27). The molecule has 3 saturated heterocycles. The molecule has 0 spiro atoms. The lowest BCUT2D eigenvalue weighted by atomic mass is 9.87. The normalized spacial score (nSPS) is 21.2. The topological polar surface area (TPSA) is 70.6 Å². The van der Waals surface area contributed by atoms with Gasteiger partial charge in [0, 0.05) is 42.6 Å². The van der Waals surface area contributed by atoms with E-state index in [4.69, 9.17) is 4.74 Å². The second-order valence-corrected chi connectivity index (χ2v) is 7.54. The van der Waals surface area contributed by atoms with E-state index in [9.17, 15) is 4.79 Å². The first-order chi connectivity index (χ1) is 13.5. The van der Waals surface area contributed by atoms with Gasteiger partial charge in [0.2, 0.25) is 5.91 Å². The number of fused-ring (bicyclic) bond motifs is 2. The summed E-state index contributed by atoms with van der Waals surface area (Å²) in [5, 5.41) is 2.99. The molecule has 1 amide bonds. The number of carbonyl (C=O) groups is 1. The van der Waals surface area contributed by atoms with Gasteiger partial charge in [0.15, 0.2) is 0 Å². The largest absolute Gasteiger partial charge is 0.494 e. The van der Waals surface area contributed by atoms with E-state index in [1.54, 1.807) is 0 Å². The maximum absolute atomic E-state index is 12.5. The first-order valence-electron chi connectivity index (χ1n) is 9.87. The van der Waals surface area contributed by atoms with Gasteiger partial charge in [0.25, 0.3) is 0 Å². The van der Waals surface area contributed by atoms with Crippen molar-refractivity contribution in [2.75, 3.05) is 36.5 Å². The number of nitrogens with zero attached hydrogens (tertiary/aromatic N) is 4. The summed E-state index contributed by atoms with van der Waals surface area (Å²) in [5.74, 6) is 2.65. The second kappa shape index (κ2) is 7.75. The van der Waals surface area contributed by atoms with Gasteiger partial charge in [-0.2, -0.15) is 0 Å². The lowest BCUT2D eigenvalue weighted by Gasteiger charge is -2.56. The molecule has 2 atom stereocenters. The molecule has 7 heteroatoms. The number of aromatic nitrogens is 2. The fourth-order valence-corrected chi connectivity index (χ4v) is 4.16. The number of piperidine rings is 1. The van der Waals surface area contributed by atoms with Gasteiger partial charge < -0.3 is 15.0 Å². The minimum atomic E-state index is 0.0287. The molecule has 0 radical (unpaired) electrons. The van der Waals surface area contributed by atoms with Crippen LogP contribution < -0.4 is 15.0 Å². The fraction of sp³-hybridized carbons (Fsp3) is 0.476. The number of ether oxygens (including phenoxy) is 1. The van der Waals surface area contributed by atoms with Gasteiger partial charge in [-0.05, 0) is 51.5 Å². The summed E-state index contributed by atoms with van der Waals surface area (Å²) in [6.45, 7) is 8.76. The Morgan fingerprint density at radius 3 is 2.54 bits per heavy atom. The van der Waals surface area contributed by atoms with Crippen LogP contribution in [-0.2, 0) is 4.79 Å². The third-order valence-electron chi connectivity index (χ3n) is 5.40. The number of benzene rings is 1. The summed E-state index contributed by atoms with van der Waals surface area (Å²) in [5.41, 5.74) is 1.79. The van der Waals surface area contributed by atoms with E-state index in [1.807, 2.05) is 51.1 Å². The molecule has 2 bridgehead atoms. The molecule has 1 N–H and O–H groups in total. The van der Waals surface area contributed by atoms with Crippen LogP contribution in [0.2, 0.25) is 0 Å². The van der Waals surface area contributed by atoms with Crippen LogP contribution in [0.1, 0.15) is 24.9 Å². The number of nitrogens with one attached hydrogen (secondary N) is 1. The number of amides is 1. The van der Waals surface area contributed by atoms with E-state index in [-0.39, 0.29) is 5.91 Å². The van der Waals surface area contributed by atoms with Crippen LogP contribution in [0.25, 0.3) is 0 Å². The average Bonchev–Trinajstić information content (AvgIpc) is 2.67. The van der Waals surface area contributed by atoms with Crippen LogP contribution in [-0.4, -0.2) is 59.1 Å². The van der Waals surface area contributed by atoms with Crippen LogP contribution in [0.4, 0.5) is 11.5 Å². The number of aryl methyl sites for hydroxylation is 2. The van der Waals surface area contributed by atoms with Crippen LogP contribution in [0.15, 0.2) is 30.3 Å². The Bertz CT molecular complexity index is 822. The van der Waals surface area contributed by atoms with E-state index in [1.165, 1.54) is 0 Å². The Labute approximate surface area is 165 Å². The van der Waals surface area contributed by atoms with Gasteiger partial charge in [-0.15, -0.1) is 0 Å². The van der Waals surface area contributed by atoms with Crippen LogP contribution in [0, 0.1) is 13.8 Å². The molecule has 4 heterocycles. The number of anilines is 2. The molecule has 2 aromatic rings. The Morgan fingerprint density at radius 2 is 1.89 bits per heavy atom. The third-order valence-corrected chi connectivity index (χ3v) is 5.40. The quantitative estimate of drug-likeness (QED) is 0.829. The third kappa shape index (κ3) is 3.94. The summed E-state index contributed by atoms with van der Waals surface area (Å²) < 4.78 is 5.43. The molecule has 0 aliphatic carbocycles. The molecule has 7 nitrogen and oxygen atoms in total. The second-order valence-electron chi connectivity index (χ2n) is 7.54. The predicted molar refractivity (Wildman–Crippen MR) is 109 cm³/mol. The van der Waals surface area contributed by atoms with Crippen molar-refractivity contribution in [1.29, 1.82) is 0 Å². The molecule has 5 rings (SSSR count). The van der Waals surface area contributed by atoms with E-state index in [0.29, 0.717) is 25.2 Å². The predicted octanol–water partition coefficient (Wildman–Crippen LogP) is 2.39. The Balaban J connectivity index is 1.32. The molecule has 148 valence electrons. The van der Waals surface area contributed by atoms with Gasteiger partial charge in [-0.1, -0.05) is 0 Å². The van der Waals surface area contributed by atoms with E-state index in [0.717, 1.165) is 48.3 Å². The summed E-state index contributed by atoms with van der Waals surface area (Å²) in [7, 11) is 0. The molecule has 3 fully saturated rings. The number of hydrogen-bond acceptors (Lipinski definition) is 6. The zero-order valence-electron chi connectivity index (χ0n) is 16.7. The Kier molecular flexibility index (Phi) is 5.17. The highest BCUT2D eigenvalue weighted by Crippen LogP contribution is 2.34. The van der Waals surface area contributed by atoms with Crippen molar-refractivity contribution in [3.8, 4) is 5.75 Å². The number of carbonyl (C=O) groups excluding carboxylic acids is 1. The van der Waals surface area contributed by atoms with Gasteiger partial charge in [-0.3, -0.25) is 9.69 Å². The maximum Gasteiger partial charge on any atom is 0.238 e. The zero-order valence-corrected chi connectivity index (χ0v) is 16.7. The minimum absolute atomic E-state index is 0.0287. The SMILES string of the molecule is CCOc1ccc(NC(=O)CN2C3CC2CN(c2cc(C)nc(C)n2)C3)cc1. The molecular formula is C21H27N5O2. The molecule has 1 aromatic heterocycles. The fourth-order valence-electron chi connectivity index (χ4n) is 4.16. The highest BCUT2D eigenvalue weighted by atomic mass is 16.5. The molecule has 3 aliphatic heterocycles. The first-order valence-corrected chi connectivity index (χ1v) is 9.87. The molecular weight excluding hydrogens is 354 g/mol. The number of rotatable bonds is 6. The monoisotopic (exact) mass is 381 g/mol. The highest BCUT2D eigenvalue weighted by Gasteiger charge is 2.45. The van der Waals surface area contributed by atoms with Crippen LogP contribution in [0.5, 0.6) is 5.75 Å². The number of piperazine rings is 1. The maximum atomic E-state index is 12.5. The van der Waals surface area contributed by atoms with Gasteiger partial charge in [-0.25, -0.2) is 9.97 Å². The lowest BCUT2D eigenvalue weighted by Crippen LogP contribution is -2.69. The van der Waals surface area contributed by atoms with Crippen molar-refractivity contribution in [3.05, 3.63) is 41.9 Å². The lowest BCUT2D eigenvalue weighted by molar-refractivity contribution is -0.121. The molecule has 2 unspecified atom stereocenters. The summed E-state index contributed by atoms with van der Waals surface area (Å²) in [6.07, 6.45) is 1.15. The first kappa shape index (κ1) is 18.7. The smallest absolute Gasteiger partial charge is 0.238 e. The van der Waals surface area contributed by atoms with Crippen LogP contribution in [0.3, 0.4) is 0 Å². The molecule has 0 saturated carbocycles. The molecule has 28 heavy (non-hydrogen) atoms. The van der Waals surface area contributed by atoms with E-state index >= 15 is 0 Å². The van der Waals surface area contributed by atoms with E-state index < -0.39 is 0 Å². The zero-order chi connectivity index (χ0) is 19.7. The highest BCUT2D eigenvalue weighted by molar-refractivity contribution is 5.92. The number of hydrogen-bond donors (Lipinski definition) is 1. The molecule has 3 aliphatic rings. The summed E-state index contributed by atoms with van der Waals surface area (Å²) >= 11 is 0. The van der Waals surface area contributed by atoms with Crippen LogP contribution >= 0.6 is 0 Å². The van der Waals surface area contributed by atoms with E-state index in [2.05, 4.69) is 25.1 Å². The minimum Gasteiger partial charge on any atom is -0.494 e. The van der Waals surface area contributed by atoms with Crippen molar-refractivity contribution in [1.82, 2.24) is 14.9 Å². The van der Waals surface area contributed by atoms with Crippen molar-refractivity contribution >= 4 is 17.4 Å². The van der Waals surface area contributed by atoms with Gasteiger partial charge in [0.1, 0.15) is 17.4 Å². The van der Waals surface area contributed by atoms with Gasteiger partial charge in [0.05, 0.1) is 13.2 Å². The van der Waals surface area contributed by atoms with Crippen molar-refractivity contribution in [3.63, 3.8) is 0 Å². The Hall–Kier alpha value is -2.67. The molecule has 1 aromatic carbocycles. The summed E-state index contributed by atoms with van der Waals surface area (Å²) in [6, 6.07) is 10.4.